The van der Waals surface area contributed by atoms with Gasteiger partial charge in [0, 0.05) is 19.3 Å². The Morgan fingerprint density at radius 1 is 1.44 bits per heavy atom. The van der Waals surface area contributed by atoms with E-state index in [4.69, 9.17) is 10.9 Å². The smallest absolute Gasteiger partial charge is 0.174 e. The monoisotopic (exact) mass is 252 g/mol. The first-order chi connectivity index (χ1) is 8.54. The molecule has 2 unspecified atom stereocenters. The number of aliphatic hydroxyl groups excluding tert-OH is 2. The summed E-state index contributed by atoms with van der Waals surface area (Å²) in [6.45, 7) is 2.36. The van der Waals surface area contributed by atoms with Gasteiger partial charge >= 0.3 is 0 Å². The topological polar surface area (TPSA) is 115 Å². The number of aromatic nitrogens is 1. The Balaban J connectivity index is 2.42. The maximum Gasteiger partial charge on any atom is 0.174 e. The molecule has 7 heteroatoms. The van der Waals surface area contributed by atoms with Crippen molar-refractivity contribution in [2.45, 2.75) is 19.1 Å². The zero-order valence-electron chi connectivity index (χ0n) is 9.98. The summed E-state index contributed by atoms with van der Waals surface area (Å²) in [7, 11) is 0. The summed E-state index contributed by atoms with van der Waals surface area (Å²) >= 11 is 0. The molecule has 0 spiro atoms. The van der Waals surface area contributed by atoms with Crippen LogP contribution in [0, 0.1) is 6.92 Å². The van der Waals surface area contributed by atoms with Crippen molar-refractivity contribution in [2.75, 3.05) is 18.0 Å². The number of oxime groups is 1. The summed E-state index contributed by atoms with van der Waals surface area (Å²) in [6.07, 6.45) is -0.0180. The van der Waals surface area contributed by atoms with Crippen LogP contribution >= 0.6 is 0 Å². The molecule has 2 atom stereocenters. The lowest BCUT2D eigenvalue weighted by Gasteiger charge is -2.20. The van der Waals surface area contributed by atoms with E-state index in [-0.39, 0.29) is 18.9 Å². The Hall–Kier alpha value is -1.86. The van der Waals surface area contributed by atoms with E-state index in [2.05, 4.69) is 10.1 Å². The summed E-state index contributed by atoms with van der Waals surface area (Å²) in [5, 5.41) is 30.9. The maximum atomic E-state index is 9.56. The minimum absolute atomic E-state index is 0.0357. The second-order valence-corrected chi connectivity index (χ2v) is 4.35. The highest BCUT2D eigenvalue weighted by Gasteiger charge is 2.32. The molecule has 0 saturated carbocycles. The number of aliphatic hydroxyl groups is 2. The Morgan fingerprint density at radius 3 is 2.61 bits per heavy atom. The molecule has 0 bridgehead atoms. The number of amidine groups is 1. The largest absolute Gasteiger partial charge is 0.409 e. The fourth-order valence-corrected chi connectivity index (χ4v) is 2.09. The summed E-state index contributed by atoms with van der Waals surface area (Å²) in [5.74, 6) is 0.465. The highest BCUT2D eigenvalue weighted by atomic mass is 16.4. The van der Waals surface area contributed by atoms with Crippen molar-refractivity contribution in [1.29, 1.82) is 0 Å². The first kappa shape index (κ1) is 12.6. The number of anilines is 1. The molecule has 0 aromatic carbocycles. The minimum atomic E-state index is -0.813. The van der Waals surface area contributed by atoms with Crippen LogP contribution in [0.2, 0.25) is 0 Å². The van der Waals surface area contributed by atoms with E-state index in [1.807, 2.05) is 6.92 Å². The quantitative estimate of drug-likeness (QED) is 0.233. The fraction of sp³-hybridized carbons (Fsp3) is 0.455. The van der Waals surface area contributed by atoms with Crippen LogP contribution in [0.5, 0.6) is 0 Å². The van der Waals surface area contributed by atoms with E-state index in [1.165, 1.54) is 0 Å². The summed E-state index contributed by atoms with van der Waals surface area (Å²) < 4.78 is 0. The molecule has 0 aliphatic carbocycles. The van der Waals surface area contributed by atoms with Crippen molar-refractivity contribution >= 4 is 11.7 Å². The van der Waals surface area contributed by atoms with Gasteiger partial charge in [-0.15, -0.1) is 0 Å². The molecule has 1 aliphatic rings. The van der Waals surface area contributed by atoms with Crippen molar-refractivity contribution < 1.29 is 15.4 Å². The van der Waals surface area contributed by atoms with E-state index >= 15 is 0 Å². The molecule has 7 nitrogen and oxygen atoms in total. The van der Waals surface area contributed by atoms with Gasteiger partial charge in [0.25, 0.3) is 0 Å². The Kier molecular flexibility index (Phi) is 3.35. The lowest BCUT2D eigenvalue weighted by atomic mass is 10.1. The summed E-state index contributed by atoms with van der Waals surface area (Å²) in [6, 6.07) is 1.75. The standard InChI is InChI=1S/C11H16N4O3/c1-6-2-3-13-11(9(6)10(12)14-18)15-4-7(16)8(17)5-15/h2-3,7-8,16-18H,4-5H2,1H3,(H2,12,14). The average Bonchev–Trinajstić information content (AvgIpc) is 2.68. The third-order valence-electron chi connectivity index (χ3n) is 3.06. The molecule has 5 N–H and O–H groups in total. The van der Waals surface area contributed by atoms with Crippen LogP contribution in [-0.2, 0) is 0 Å². The molecular formula is C11H16N4O3. The van der Waals surface area contributed by atoms with Gasteiger partial charge in [0.2, 0.25) is 0 Å². The molecule has 1 aromatic rings. The molecule has 2 heterocycles. The van der Waals surface area contributed by atoms with Crippen molar-refractivity contribution in [3.63, 3.8) is 0 Å². The third-order valence-corrected chi connectivity index (χ3v) is 3.06. The predicted octanol–water partition coefficient (Wildman–Crippen LogP) is -0.974. The number of β-amino-alcohol motifs (C(OH)–C–C–N with tert-alkyl or cyclic N) is 2. The molecule has 1 saturated heterocycles. The number of nitrogens with two attached hydrogens (primary N) is 1. The van der Waals surface area contributed by atoms with Crippen LogP contribution in [0.4, 0.5) is 5.82 Å². The molecule has 98 valence electrons. The van der Waals surface area contributed by atoms with Gasteiger partial charge in [-0.25, -0.2) is 4.98 Å². The zero-order chi connectivity index (χ0) is 13.3. The molecule has 1 fully saturated rings. The molecule has 1 aromatic heterocycles. The van der Waals surface area contributed by atoms with E-state index in [9.17, 15) is 10.2 Å². The van der Waals surface area contributed by atoms with E-state index in [1.54, 1.807) is 17.2 Å². The van der Waals surface area contributed by atoms with Crippen LogP contribution < -0.4 is 10.6 Å². The summed E-state index contributed by atoms with van der Waals surface area (Å²) in [4.78, 5) is 5.91. The fourth-order valence-electron chi connectivity index (χ4n) is 2.09. The van der Waals surface area contributed by atoms with Crippen LogP contribution in [0.15, 0.2) is 17.4 Å². The second kappa shape index (κ2) is 4.79. The van der Waals surface area contributed by atoms with Gasteiger partial charge < -0.3 is 26.1 Å². The van der Waals surface area contributed by atoms with Crippen molar-refractivity contribution in [2.24, 2.45) is 10.9 Å². The summed E-state index contributed by atoms with van der Waals surface area (Å²) in [5.41, 5.74) is 6.97. The Morgan fingerprint density at radius 2 is 2.06 bits per heavy atom. The van der Waals surface area contributed by atoms with E-state index in [0.717, 1.165) is 5.56 Å². The molecule has 18 heavy (non-hydrogen) atoms. The van der Waals surface area contributed by atoms with E-state index < -0.39 is 12.2 Å². The second-order valence-electron chi connectivity index (χ2n) is 4.35. The van der Waals surface area contributed by atoms with Gasteiger partial charge in [0.15, 0.2) is 5.84 Å². The number of nitrogens with zero attached hydrogens (tertiary/aromatic N) is 3. The van der Waals surface area contributed by atoms with Gasteiger partial charge in [-0.3, -0.25) is 0 Å². The number of hydrogen-bond acceptors (Lipinski definition) is 6. The van der Waals surface area contributed by atoms with E-state index in [0.29, 0.717) is 11.4 Å². The minimum Gasteiger partial charge on any atom is -0.409 e. The highest BCUT2D eigenvalue weighted by Crippen LogP contribution is 2.24. The van der Waals surface area contributed by atoms with Gasteiger partial charge in [0.05, 0.1) is 17.8 Å². The maximum absolute atomic E-state index is 9.56. The van der Waals surface area contributed by atoms with Crippen molar-refractivity contribution in [1.82, 2.24) is 4.98 Å². The first-order valence-electron chi connectivity index (χ1n) is 5.59. The first-order valence-corrected chi connectivity index (χ1v) is 5.59. The lowest BCUT2D eigenvalue weighted by Crippen LogP contribution is -2.27. The molecule has 0 radical (unpaired) electrons. The molecule has 1 aliphatic heterocycles. The molecular weight excluding hydrogens is 236 g/mol. The third kappa shape index (κ3) is 2.09. The van der Waals surface area contributed by atoms with Crippen molar-refractivity contribution in [3.05, 3.63) is 23.4 Å². The number of rotatable bonds is 2. The Labute approximate surface area is 104 Å². The van der Waals surface area contributed by atoms with Gasteiger partial charge in [-0.2, -0.15) is 0 Å². The number of pyridine rings is 1. The van der Waals surface area contributed by atoms with Gasteiger partial charge in [0.1, 0.15) is 5.82 Å². The number of aryl methyl sites for hydroxylation is 1. The van der Waals surface area contributed by atoms with Crippen LogP contribution in [0.1, 0.15) is 11.1 Å². The molecule has 0 amide bonds. The predicted molar refractivity (Wildman–Crippen MR) is 65.7 cm³/mol. The zero-order valence-corrected chi connectivity index (χ0v) is 9.98. The van der Waals surface area contributed by atoms with Gasteiger partial charge in [-0.05, 0) is 18.6 Å². The van der Waals surface area contributed by atoms with Gasteiger partial charge in [-0.1, -0.05) is 5.16 Å². The van der Waals surface area contributed by atoms with Crippen LogP contribution in [-0.4, -0.2) is 51.5 Å². The lowest BCUT2D eigenvalue weighted by molar-refractivity contribution is 0.0572. The molecule has 2 rings (SSSR count). The number of hydrogen-bond donors (Lipinski definition) is 4. The average molecular weight is 252 g/mol. The van der Waals surface area contributed by atoms with Crippen LogP contribution in [0.25, 0.3) is 0 Å². The van der Waals surface area contributed by atoms with Crippen LogP contribution in [0.3, 0.4) is 0 Å². The SMILES string of the molecule is Cc1ccnc(N2CC(O)C(O)C2)c1/C(N)=N/O. The highest BCUT2D eigenvalue weighted by molar-refractivity contribution is 6.02. The van der Waals surface area contributed by atoms with Crippen molar-refractivity contribution in [3.8, 4) is 0 Å². The normalized spacial score (nSPS) is 24.6. The Bertz CT molecular complexity index is 467.